The van der Waals surface area contributed by atoms with Gasteiger partial charge >= 0.3 is 12.1 Å². The Kier molecular flexibility index (Phi) is 8.45. The van der Waals surface area contributed by atoms with Gasteiger partial charge in [-0.25, -0.2) is 9.59 Å². The Labute approximate surface area is 231 Å². The summed E-state index contributed by atoms with van der Waals surface area (Å²) in [5.74, 6) is -0.650. The normalized spacial score (nSPS) is 13.8. The fourth-order valence-corrected chi connectivity index (χ4v) is 4.64. The lowest BCUT2D eigenvalue weighted by Gasteiger charge is -2.24. The largest absolute Gasteiger partial charge is 0.459 e. The maximum atomic E-state index is 13.0. The molecule has 0 spiro atoms. The summed E-state index contributed by atoms with van der Waals surface area (Å²) in [6.45, 7) is 12.3. The maximum absolute atomic E-state index is 13.0. The van der Waals surface area contributed by atoms with Crippen molar-refractivity contribution in [2.75, 3.05) is 13.2 Å². The molecule has 0 saturated carbocycles. The molecule has 1 aliphatic carbocycles. The van der Waals surface area contributed by atoms with E-state index in [4.69, 9.17) is 14.2 Å². The van der Waals surface area contributed by atoms with Gasteiger partial charge in [0.1, 0.15) is 13.2 Å². The first-order valence-corrected chi connectivity index (χ1v) is 13.4. The molecule has 0 unspecified atom stereocenters. The summed E-state index contributed by atoms with van der Waals surface area (Å²) in [6, 6.07) is 23.3. The summed E-state index contributed by atoms with van der Waals surface area (Å²) in [6.07, 6.45) is -0.689. The van der Waals surface area contributed by atoms with Crippen molar-refractivity contribution in [1.29, 1.82) is 0 Å². The number of hydrogen-bond acceptors (Lipinski definition) is 5. The van der Waals surface area contributed by atoms with Crippen LogP contribution in [0.2, 0.25) is 0 Å². The number of carbonyl (C=O) groups is 2. The third-order valence-electron chi connectivity index (χ3n) is 6.80. The van der Waals surface area contributed by atoms with Crippen LogP contribution in [0.3, 0.4) is 0 Å². The van der Waals surface area contributed by atoms with Gasteiger partial charge in [0.05, 0.1) is 12.2 Å². The molecule has 0 bridgehead atoms. The van der Waals surface area contributed by atoms with Crippen molar-refractivity contribution < 1.29 is 23.8 Å². The highest BCUT2D eigenvalue weighted by atomic mass is 16.6. The van der Waals surface area contributed by atoms with E-state index in [1.54, 1.807) is 0 Å². The number of ether oxygens (including phenoxy) is 3. The SMILES string of the molecule is CC(C)(C)OC[C@H](NC(=O)OCC1c2ccccc2-c2ccccc21)C(=O)OCc1ccc(C(C)(C)C)cc1. The number of benzene rings is 3. The Morgan fingerprint density at radius 2 is 1.36 bits per heavy atom. The smallest absolute Gasteiger partial charge is 0.407 e. The van der Waals surface area contributed by atoms with Gasteiger partial charge in [-0.1, -0.05) is 93.6 Å². The lowest BCUT2D eigenvalue weighted by molar-refractivity contribution is -0.150. The Hall–Kier alpha value is -3.64. The molecule has 3 aromatic carbocycles. The van der Waals surface area contributed by atoms with Crippen molar-refractivity contribution in [3.63, 3.8) is 0 Å². The van der Waals surface area contributed by atoms with Gasteiger partial charge in [0.15, 0.2) is 6.04 Å². The fraction of sp³-hybridized carbons (Fsp3) is 0.394. The second-order valence-electron chi connectivity index (χ2n) is 12.0. The zero-order valence-corrected chi connectivity index (χ0v) is 23.7. The van der Waals surface area contributed by atoms with Crippen LogP contribution in [0, 0.1) is 0 Å². The van der Waals surface area contributed by atoms with Gasteiger partial charge in [-0.05, 0) is 59.6 Å². The lowest BCUT2D eigenvalue weighted by atomic mass is 9.87. The highest BCUT2D eigenvalue weighted by molar-refractivity contribution is 5.82. The van der Waals surface area contributed by atoms with E-state index in [2.05, 4.69) is 50.4 Å². The Balaban J connectivity index is 1.38. The van der Waals surface area contributed by atoms with Crippen LogP contribution >= 0.6 is 0 Å². The van der Waals surface area contributed by atoms with Crippen molar-refractivity contribution in [1.82, 2.24) is 5.32 Å². The Bertz CT molecular complexity index is 1260. The average molecular weight is 530 g/mol. The summed E-state index contributed by atoms with van der Waals surface area (Å²) < 4.78 is 17.0. The molecule has 1 N–H and O–H groups in total. The third kappa shape index (κ3) is 7.27. The first-order chi connectivity index (χ1) is 18.4. The van der Waals surface area contributed by atoms with Gasteiger partial charge in [-0.3, -0.25) is 0 Å². The molecule has 3 aromatic rings. The molecule has 39 heavy (non-hydrogen) atoms. The zero-order chi connectivity index (χ0) is 28.2. The first-order valence-electron chi connectivity index (χ1n) is 13.4. The molecule has 0 radical (unpaired) electrons. The van der Waals surface area contributed by atoms with E-state index in [0.29, 0.717) is 0 Å². The second-order valence-corrected chi connectivity index (χ2v) is 12.0. The molecule has 1 atom stereocenters. The van der Waals surface area contributed by atoms with E-state index in [1.807, 2.05) is 69.3 Å². The highest BCUT2D eigenvalue weighted by Crippen LogP contribution is 2.44. The summed E-state index contributed by atoms with van der Waals surface area (Å²) >= 11 is 0. The van der Waals surface area contributed by atoms with Crippen LogP contribution in [0.15, 0.2) is 72.8 Å². The number of rotatable bonds is 8. The molecular formula is C33H39NO5. The molecule has 4 rings (SSSR count). The molecule has 0 fully saturated rings. The summed E-state index contributed by atoms with van der Waals surface area (Å²) in [7, 11) is 0. The minimum atomic E-state index is -1.01. The van der Waals surface area contributed by atoms with E-state index in [9.17, 15) is 9.59 Å². The van der Waals surface area contributed by atoms with Gasteiger partial charge < -0.3 is 19.5 Å². The lowest BCUT2D eigenvalue weighted by Crippen LogP contribution is -2.46. The molecule has 206 valence electrons. The molecular weight excluding hydrogens is 490 g/mol. The maximum Gasteiger partial charge on any atom is 0.407 e. The van der Waals surface area contributed by atoms with Crippen molar-refractivity contribution >= 4 is 12.1 Å². The van der Waals surface area contributed by atoms with Gasteiger partial charge in [0, 0.05) is 5.92 Å². The van der Waals surface area contributed by atoms with E-state index in [1.165, 1.54) is 5.56 Å². The predicted octanol–water partition coefficient (Wildman–Crippen LogP) is 6.75. The molecule has 0 heterocycles. The topological polar surface area (TPSA) is 73.9 Å². The quantitative estimate of drug-likeness (QED) is 0.327. The standard InChI is InChI=1S/C33H39NO5/c1-32(2,3)23-17-15-22(16-18-23)19-37-30(35)29(21-39-33(4,5)6)34-31(36)38-20-28-26-13-9-7-11-24(26)25-12-8-10-14-27(25)28/h7-18,28-29H,19-21H2,1-6H3,(H,34,36)/t29-/m0/s1. The van der Waals surface area contributed by atoms with Crippen LogP contribution in [0.1, 0.15) is 69.7 Å². The zero-order valence-electron chi connectivity index (χ0n) is 23.7. The van der Waals surface area contributed by atoms with Crippen LogP contribution in [0.5, 0.6) is 0 Å². The Morgan fingerprint density at radius 3 is 1.90 bits per heavy atom. The van der Waals surface area contributed by atoms with E-state index >= 15 is 0 Å². The average Bonchev–Trinajstić information content (AvgIpc) is 3.21. The number of nitrogens with one attached hydrogen (secondary N) is 1. The summed E-state index contributed by atoms with van der Waals surface area (Å²) in [4.78, 5) is 25.9. The monoisotopic (exact) mass is 529 g/mol. The van der Waals surface area contributed by atoms with Crippen molar-refractivity contribution in [2.45, 2.75) is 71.1 Å². The molecule has 6 heteroatoms. The third-order valence-corrected chi connectivity index (χ3v) is 6.80. The Morgan fingerprint density at radius 1 is 0.795 bits per heavy atom. The van der Waals surface area contributed by atoms with Gasteiger partial charge in [0.25, 0.3) is 0 Å². The van der Waals surface area contributed by atoms with Crippen LogP contribution in [-0.2, 0) is 31.0 Å². The molecule has 0 saturated heterocycles. The van der Waals surface area contributed by atoms with E-state index in [0.717, 1.165) is 27.8 Å². The first kappa shape index (κ1) is 28.4. The van der Waals surface area contributed by atoms with Crippen molar-refractivity contribution in [3.8, 4) is 11.1 Å². The number of fused-ring (bicyclic) bond motifs is 3. The molecule has 1 aliphatic rings. The van der Waals surface area contributed by atoms with Crippen LogP contribution < -0.4 is 5.32 Å². The van der Waals surface area contributed by atoms with E-state index < -0.39 is 23.7 Å². The second kappa shape index (κ2) is 11.6. The number of alkyl carbamates (subject to hydrolysis) is 1. The predicted molar refractivity (Wildman–Crippen MR) is 153 cm³/mol. The van der Waals surface area contributed by atoms with E-state index in [-0.39, 0.29) is 31.2 Å². The fourth-order valence-electron chi connectivity index (χ4n) is 4.64. The van der Waals surface area contributed by atoms with Gasteiger partial charge in [0.2, 0.25) is 0 Å². The molecule has 0 aliphatic heterocycles. The highest BCUT2D eigenvalue weighted by Gasteiger charge is 2.30. The number of amides is 1. The summed E-state index contributed by atoms with van der Waals surface area (Å²) in [5.41, 5.74) is 6.16. The van der Waals surface area contributed by atoms with Crippen molar-refractivity contribution in [2.24, 2.45) is 0 Å². The molecule has 0 aromatic heterocycles. The summed E-state index contributed by atoms with van der Waals surface area (Å²) in [5, 5.41) is 2.67. The minimum absolute atomic E-state index is 0.0323. The molecule has 1 amide bonds. The number of hydrogen-bond donors (Lipinski definition) is 1. The molecule has 6 nitrogen and oxygen atoms in total. The van der Waals surface area contributed by atoms with Crippen LogP contribution in [0.4, 0.5) is 4.79 Å². The minimum Gasteiger partial charge on any atom is -0.459 e. The van der Waals surface area contributed by atoms with Gasteiger partial charge in [-0.2, -0.15) is 0 Å². The number of esters is 1. The number of carbonyl (C=O) groups excluding carboxylic acids is 2. The van der Waals surface area contributed by atoms with Gasteiger partial charge in [-0.15, -0.1) is 0 Å². The van der Waals surface area contributed by atoms with Crippen LogP contribution in [-0.4, -0.2) is 36.9 Å². The van der Waals surface area contributed by atoms with Crippen molar-refractivity contribution in [3.05, 3.63) is 95.1 Å². The van der Waals surface area contributed by atoms with Crippen LogP contribution in [0.25, 0.3) is 11.1 Å².